The van der Waals surface area contributed by atoms with Crippen molar-refractivity contribution in [1.82, 2.24) is 0 Å². The predicted molar refractivity (Wildman–Crippen MR) is 68.3 cm³/mol. The van der Waals surface area contributed by atoms with E-state index in [9.17, 15) is 4.79 Å². The summed E-state index contributed by atoms with van der Waals surface area (Å²) >= 11 is 10.9. The van der Waals surface area contributed by atoms with Crippen LogP contribution < -0.4 is 5.32 Å². The van der Waals surface area contributed by atoms with Crippen LogP contribution in [0.25, 0.3) is 11.1 Å². The van der Waals surface area contributed by atoms with Crippen LogP contribution in [0.4, 0.5) is 5.69 Å². The first-order valence-corrected chi connectivity index (χ1v) is 5.76. The van der Waals surface area contributed by atoms with Crippen molar-refractivity contribution in [3.05, 3.63) is 42.9 Å². The van der Waals surface area contributed by atoms with E-state index in [0.717, 1.165) is 11.1 Å². The van der Waals surface area contributed by atoms with E-state index in [2.05, 4.69) is 5.32 Å². The van der Waals surface area contributed by atoms with Crippen molar-refractivity contribution in [2.75, 3.05) is 5.32 Å². The Morgan fingerprint density at radius 2 is 2.06 bits per heavy atom. The molecule has 2 aromatic rings. The number of amides is 1. The molecule has 0 atom stereocenters. The Balaban J connectivity index is 2.20. The molecule has 88 valence electrons. The van der Waals surface area contributed by atoms with Crippen LogP contribution in [0.2, 0.25) is 0 Å². The maximum atomic E-state index is 11.3. The van der Waals surface area contributed by atoms with E-state index in [0.29, 0.717) is 5.69 Å². The molecule has 2 rings (SSSR count). The van der Waals surface area contributed by atoms with Crippen molar-refractivity contribution < 1.29 is 9.21 Å². The number of hydrogen-bond acceptors (Lipinski definition) is 2. The Labute approximate surface area is 108 Å². The van der Waals surface area contributed by atoms with Crippen molar-refractivity contribution in [3.63, 3.8) is 0 Å². The van der Waals surface area contributed by atoms with Crippen molar-refractivity contribution in [3.8, 4) is 11.1 Å². The molecule has 0 unspecified atom stereocenters. The van der Waals surface area contributed by atoms with Crippen LogP contribution in [0, 0.1) is 0 Å². The molecule has 0 saturated carbocycles. The van der Waals surface area contributed by atoms with Gasteiger partial charge in [0.15, 0.2) is 4.84 Å². The van der Waals surface area contributed by atoms with Gasteiger partial charge in [0.25, 0.3) is 5.91 Å². The lowest BCUT2D eigenvalue weighted by molar-refractivity contribution is -0.114. The lowest BCUT2D eigenvalue weighted by Gasteiger charge is -2.06. The van der Waals surface area contributed by atoms with Crippen LogP contribution in [0.3, 0.4) is 0 Å². The molecule has 3 nitrogen and oxygen atoms in total. The molecule has 0 saturated heterocycles. The second-order valence-electron chi connectivity index (χ2n) is 3.38. The van der Waals surface area contributed by atoms with Crippen LogP contribution >= 0.6 is 23.2 Å². The van der Waals surface area contributed by atoms with Gasteiger partial charge in [-0.2, -0.15) is 0 Å². The minimum Gasteiger partial charge on any atom is -0.472 e. The van der Waals surface area contributed by atoms with E-state index in [1.807, 2.05) is 24.3 Å². The molecule has 0 fully saturated rings. The summed E-state index contributed by atoms with van der Waals surface area (Å²) in [6.45, 7) is 0. The Hall–Kier alpha value is -1.45. The van der Waals surface area contributed by atoms with Crippen molar-refractivity contribution in [2.24, 2.45) is 0 Å². The Morgan fingerprint density at radius 3 is 2.71 bits per heavy atom. The summed E-state index contributed by atoms with van der Waals surface area (Å²) in [6, 6.07) is 9.16. The quantitative estimate of drug-likeness (QED) is 0.864. The van der Waals surface area contributed by atoms with Gasteiger partial charge in [0.1, 0.15) is 0 Å². The van der Waals surface area contributed by atoms with Gasteiger partial charge in [-0.05, 0) is 23.8 Å². The van der Waals surface area contributed by atoms with Gasteiger partial charge in [-0.1, -0.05) is 35.3 Å². The Kier molecular flexibility index (Phi) is 3.71. The van der Waals surface area contributed by atoms with Gasteiger partial charge < -0.3 is 9.73 Å². The molecule has 0 aliphatic carbocycles. The summed E-state index contributed by atoms with van der Waals surface area (Å²) in [4.78, 5) is 10.2. The van der Waals surface area contributed by atoms with Gasteiger partial charge in [0, 0.05) is 11.3 Å². The van der Waals surface area contributed by atoms with Crippen LogP contribution in [0.1, 0.15) is 0 Å². The molecule has 0 spiro atoms. The molecule has 0 radical (unpaired) electrons. The zero-order chi connectivity index (χ0) is 12.3. The number of benzene rings is 1. The third-order valence-electron chi connectivity index (χ3n) is 2.18. The average Bonchev–Trinajstić information content (AvgIpc) is 2.82. The first kappa shape index (κ1) is 12.0. The van der Waals surface area contributed by atoms with Gasteiger partial charge in [0.05, 0.1) is 12.5 Å². The van der Waals surface area contributed by atoms with Gasteiger partial charge in [-0.15, -0.1) is 0 Å². The molecular weight excluding hydrogens is 261 g/mol. The molecule has 1 aromatic carbocycles. The number of furan rings is 1. The monoisotopic (exact) mass is 269 g/mol. The molecule has 0 bridgehead atoms. The summed E-state index contributed by atoms with van der Waals surface area (Å²) in [7, 11) is 0. The normalized spacial score (nSPS) is 10.5. The molecule has 0 aliphatic rings. The summed E-state index contributed by atoms with van der Waals surface area (Å²) in [5.41, 5.74) is 2.52. The molecule has 0 aliphatic heterocycles. The lowest BCUT2D eigenvalue weighted by atomic mass is 10.1. The highest BCUT2D eigenvalue weighted by Crippen LogP contribution is 2.23. The highest BCUT2D eigenvalue weighted by atomic mass is 35.5. The SMILES string of the molecule is O=C(Nc1cccc(-c2ccoc2)c1)C(Cl)Cl. The minimum atomic E-state index is -1.08. The van der Waals surface area contributed by atoms with Gasteiger partial charge >= 0.3 is 0 Å². The lowest BCUT2D eigenvalue weighted by Crippen LogP contribution is -2.18. The van der Waals surface area contributed by atoms with Crippen LogP contribution in [0.15, 0.2) is 47.3 Å². The Morgan fingerprint density at radius 1 is 1.24 bits per heavy atom. The summed E-state index contributed by atoms with van der Waals surface area (Å²) in [5, 5.41) is 2.61. The van der Waals surface area contributed by atoms with E-state index in [1.54, 1.807) is 18.6 Å². The zero-order valence-electron chi connectivity index (χ0n) is 8.69. The van der Waals surface area contributed by atoms with E-state index < -0.39 is 10.7 Å². The molecule has 17 heavy (non-hydrogen) atoms. The largest absolute Gasteiger partial charge is 0.472 e. The van der Waals surface area contributed by atoms with Crippen molar-refractivity contribution >= 4 is 34.8 Å². The average molecular weight is 270 g/mol. The number of rotatable bonds is 3. The van der Waals surface area contributed by atoms with E-state index in [1.165, 1.54) is 0 Å². The predicted octanol–water partition coefficient (Wildman–Crippen LogP) is 3.69. The molecule has 1 heterocycles. The standard InChI is InChI=1S/C12H9Cl2NO2/c13-11(14)12(16)15-10-3-1-2-8(6-10)9-4-5-17-7-9/h1-7,11H,(H,15,16). The van der Waals surface area contributed by atoms with Crippen LogP contribution in [0.5, 0.6) is 0 Å². The summed E-state index contributed by atoms with van der Waals surface area (Å²) in [6.07, 6.45) is 3.22. The number of nitrogens with one attached hydrogen (secondary N) is 1. The number of hydrogen-bond donors (Lipinski definition) is 1. The summed E-state index contributed by atoms with van der Waals surface area (Å²) in [5.74, 6) is -0.447. The fraction of sp³-hybridized carbons (Fsp3) is 0.0833. The maximum absolute atomic E-state index is 11.3. The third-order valence-corrected chi connectivity index (χ3v) is 2.58. The minimum absolute atomic E-state index is 0.447. The molecular formula is C12H9Cl2NO2. The maximum Gasteiger partial charge on any atom is 0.257 e. The van der Waals surface area contributed by atoms with Crippen molar-refractivity contribution in [2.45, 2.75) is 4.84 Å². The molecule has 1 N–H and O–H groups in total. The molecule has 1 amide bonds. The smallest absolute Gasteiger partial charge is 0.257 e. The topological polar surface area (TPSA) is 42.2 Å². The second-order valence-corrected chi connectivity index (χ2v) is 4.48. The van der Waals surface area contributed by atoms with E-state index in [4.69, 9.17) is 27.6 Å². The molecule has 5 heteroatoms. The van der Waals surface area contributed by atoms with Gasteiger partial charge in [-0.3, -0.25) is 4.79 Å². The first-order valence-electron chi connectivity index (χ1n) is 4.88. The van der Waals surface area contributed by atoms with E-state index >= 15 is 0 Å². The highest BCUT2D eigenvalue weighted by Gasteiger charge is 2.11. The highest BCUT2D eigenvalue weighted by molar-refractivity contribution is 6.54. The van der Waals surface area contributed by atoms with Crippen LogP contribution in [-0.4, -0.2) is 10.7 Å². The zero-order valence-corrected chi connectivity index (χ0v) is 10.2. The fourth-order valence-electron chi connectivity index (χ4n) is 1.40. The van der Waals surface area contributed by atoms with Crippen LogP contribution in [-0.2, 0) is 4.79 Å². The number of halogens is 2. The number of carbonyl (C=O) groups excluding carboxylic acids is 1. The third kappa shape index (κ3) is 3.02. The van der Waals surface area contributed by atoms with Gasteiger partial charge in [-0.25, -0.2) is 0 Å². The fourth-order valence-corrected chi connectivity index (χ4v) is 1.51. The first-order chi connectivity index (χ1) is 8.16. The number of anilines is 1. The number of carbonyl (C=O) groups is 1. The van der Waals surface area contributed by atoms with E-state index in [-0.39, 0.29) is 0 Å². The second kappa shape index (κ2) is 5.25. The summed E-state index contributed by atoms with van der Waals surface area (Å²) < 4.78 is 5.00. The van der Waals surface area contributed by atoms with Gasteiger partial charge in [0.2, 0.25) is 0 Å². The number of alkyl halides is 2. The van der Waals surface area contributed by atoms with Crippen molar-refractivity contribution in [1.29, 1.82) is 0 Å². The molecule has 1 aromatic heterocycles. The Bertz CT molecular complexity index is 509.